The molecule has 4 heteroatoms. The molecule has 12 aromatic rings. The zero-order valence-corrected chi connectivity index (χ0v) is 32.2. The number of furan rings is 1. The summed E-state index contributed by atoms with van der Waals surface area (Å²) in [5.41, 5.74) is 13.4. The molecule has 0 bridgehead atoms. The molecule has 0 aliphatic carbocycles. The van der Waals surface area contributed by atoms with Crippen molar-refractivity contribution in [2.45, 2.75) is 0 Å². The second-order valence-electron chi connectivity index (χ2n) is 14.9. The quantitative estimate of drug-likeness (QED) is 0.168. The molecule has 0 saturated heterocycles. The molecular weight excluding hydrogens is 725 g/mol. The van der Waals surface area contributed by atoms with Gasteiger partial charge in [-0.1, -0.05) is 133 Å². The molecular formula is C54H34N2OS. The molecule has 0 saturated carbocycles. The summed E-state index contributed by atoms with van der Waals surface area (Å²) in [5.74, 6) is 0. The fourth-order valence-corrected chi connectivity index (χ4v) is 10.2. The van der Waals surface area contributed by atoms with Crippen molar-refractivity contribution >= 4 is 92.3 Å². The summed E-state index contributed by atoms with van der Waals surface area (Å²) in [6, 6.07) is 74.5. The number of aromatic nitrogens is 1. The summed E-state index contributed by atoms with van der Waals surface area (Å²) in [4.78, 5) is 2.44. The third kappa shape index (κ3) is 5.12. The molecule has 58 heavy (non-hydrogen) atoms. The number of hydrogen-bond donors (Lipinski definition) is 0. The van der Waals surface area contributed by atoms with Crippen molar-refractivity contribution in [2.24, 2.45) is 0 Å². The van der Waals surface area contributed by atoms with Crippen LogP contribution in [0.4, 0.5) is 17.1 Å². The van der Waals surface area contributed by atoms with Crippen LogP contribution in [-0.2, 0) is 0 Å². The Labute approximate surface area is 338 Å². The van der Waals surface area contributed by atoms with Gasteiger partial charge in [-0.05, 0) is 95.1 Å². The van der Waals surface area contributed by atoms with E-state index in [1.807, 2.05) is 23.5 Å². The number of thiophene rings is 1. The topological polar surface area (TPSA) is 21.3 Å². The molecule has 0 spiro atoms. The van der Waals surface area contributed by atoms with Crippen LogP contribution in [0.25, 0.3) is 91.9 Å². The van der Waals surface area contributed by atoms with E-state index in [2.05, 4.69) is 204 Å². The Kier molecular flexibility index (Phi) is 7.40. The SMILES string of the molecule is c1ccc(-c2ccc3c(c2)sc2c(-c4ccccc4)ccc(N(c4ccc(-n5c6ccccc6c6ccccc65)cc4)c4ccc5oc6ccccc6c5c4)c23)cc1. The number of benzene rings is 9. The number of rotatable bonds is 6. The number of hydrogen-bond acceptors (Lipinski definition) is 3. The molecule has 0 radical (unpaired) electrons. The molecule has 272 valence electrons. The molecule has 9 aromatic carbocycles. The van der Waals surface area contributed by atoms with Crippen LogP contribution in [-0.4, -0.2) is 4.57 Å². The minimum Gasteiger partial charge on any atom is -0.456 e. The minimum atomic E-state index is 0.880. The Hall–Kier alpha value is -7.40. The predicted octanol–water partition coefficient (Wildman–Crippen LogP) is 15.9. The lowest BCUT2D eigenvalue weighted by Gasteiger charge is -2.27. The van der Waals surface area contributed by atoms with Crippen LogP contribution < -0.4 is 4.90 Å². The van der Waals surface area contributed by atoms with Crippen molar-refractivity contribution in [2.75, 3.05) is 4.90 Å². The molecule has 0 N–H and O–H groups in total. The highest BCUT2D eigenvalue weighted by molar-refractivity contribution is 7.26. The van der Waals surface area contributed by atoms with Crippen LogP contribution in [0.1, 0.15) is 0 Å². The predicted molar refractivity (Wildman–Crippen MR) is 247 cm³/mol. The maximum absolute atomic E-state index is 6.33. The maximum Gasteiger partial charge on any atom is 0.135 e. The highest BCUT2D eigenvalue weighted by atomic mass is 32.1. The van der Waals surface area contributed by atoms with Gasteiger partial charge in [0, 0.05) is 58.8 Å². The van der Waals surface area contributed by atoms with Crippen molar-refractivity contribution < 1.29 is 4.42 Å². The van der Waals surface area contributed by atoms with Gasteiger partial charge >= 0.3 is 0 Å². The fraction of sp³-hybridized carbons (Fsp3) is 0. The summed E-state index contributed by atoms with van der Waals surface area (Å²) in [6.45, 7) is 0. The lowest BCUT2D eigenvalue weighted by atomic mass is 9.98. The second-order valence-corrected chi connectivity index (χ2v) is 15.9. The van der Waals surface area contributed by atoms with E-state index < -0.39 is 0 Å². The minimum absolute atomic E-state index is 0.880. The van der Waals surface area contributed by atoms with Crippen LogP contribution >= 0.6 is 11.3 Å². The molecule has 0 atom stereocenters. The first-order chi connectivity index (χ1) is 28.8. The van der Waals surface area contributed by atoms with Crippen LogP contribution in [0.3, 0.4) is 0 Å². The number of anilines is 3. The lowest BCUT2D eigenvalue weighted by Crippen LogP contribution is -2.10. The Morgan fingerprint density at radius 2 is 1.03 bits per heavy atom. The van der Waals surface area contributed by atoms with E-state index in [1.165, 1.54) is 64.2 Å². The molecule has 3 nitrogen and oxygen atoms in total. The lowest BCUT2D eigenvalue weighted by molar-refractivity contribution is 0.669. The summed E-state index contributed by atoms with van der Waals surface area (Å²) < 4.78 is 11.2. The highest BCUT2D eigenvalue weighted by Gasteiger charge is 2.23. The molecule has 0 aliphatic rings. The standard InChI is InChI=1S/C54H34N2OS/c1-3-13-35(14-4-1)37-23-29-45-52(33-37)58-54-41(36-15-5-2-6-16-36)30-31-49(53(45)54)55(40-28-32-51-46(34-40)44-19-9-12-22-50(44)57-51)38-24-26-39(27-25-38)56-47-20-10-7-17-42(47)43-18-8-11-21-48(43)56/h1-34H. The number of nitrogens with zero attached hydrogens (tertiary/aromatic N) is 2. The Morgan fingerprint density at radius 1 is 0.414 bits per heavy atom. The van der Waals surface area contributed by atoms with Gasteiger partial charge in [0.05, 0.1) is 16.7 Å². The normalized spacial score (nSPS) is 11.8. The summed E-state index contributed by atoms with van der Waals surface area (Å²) in [5, 5.41) is 7.20. The van der Waals surface area contributed by atoms with E-state index in [1.54, 1.807) is 0 Å². The van der Waals surface area contributed by atoms with E-state index in [0.717, 1.165) is 44.7 Å². The van der Waals surface area contributed by atoms with Crippen LogP contribution in [0.15, 0.2) is 211 Å². The zero-order chi connectivity index (χ0) is 38.2. The average Bonchev–Trinajstić information content (AvgIpc) is 3.97. The van der Waals surface area contributed by atoms with Gasteiger partial charge in [0.2, 0.25) is 0 Å². The van der Waals surface area contributed by atoms with Crippen molar-refractivity contribution in [3.8, 4) is 27.9 Å². The maximum atomic E-state index is 6.33. The zero-order valence-electron chi connectivity index (χ0n) is 31.3. The molecule has 0 unspecified atom stereocenters. The average molecular weight is 759 g/mol. The third-order valence-corrected chi connectivity index (χ3v) is 12.8. The summed E-state index contributed by atoms with van der Waals surface area (Å²) in [7, 11) is 0. The molecule has 0 amide bonds. The van der Waals surface area contributed by atoms with Gasteiger partial charge in [-0.3, -0.25) is 0 Å². The van der Waals surface area contributed by atoms with Crippen LogP contribution in [0.5, 0.6) is 0 Å². The molecule has 3 heterocycles. The summed E-state index contributed by atoms with van der Waals surface area (Å²) in [6.07, 6.45) is 0. The van der Waals surface area contributed by atoms with E-state index in [0.29, 0.717) is 0 Å². The Balaban J connectivity index is 1.11. The fourth-order valence-electron chi connectivity index (χ4n) is 8.94. The first-order valence-corrected chi connectivity index (χ1v) is 20.5. The Bertz CT molecular complexity index is 3450. The van der Waals surface area contributed by atoms with E-state index in [4.69, 9.17) is 4.42 Å². The van der Waals surface area contributed by atoms with Crippen LogP contribution in [0, 0.1) is 0 Å². The first kappa shape index (κ1) is 32.8. The molecule has 3 aromatic heterocycles. The molecule has 12 rings (SSSR count). The highest BCUT2D eigenvalue weighted by Crippen LogP contribution is 2.49. The van der Waals surface area contributed by atoms with E-state index in [9.17, 15) is 0 Å². The third-order valence-electron chi connectivity index (χ3n) is 11.6. The second kappa shape index (κ2) is 13.1. The van der Waals surface area contributed by atoms with Crippen molar-refractivity contribution in [3.63, 3.8) is 0 Å². The van der Waals surface area contributed by atoms with Crippen LogP contribution in [0.2, 0.25) is 0 Å². The van der Waals surface area contributed by atoms with Gasteiger partial charge < -0.3 is 13.9 Å². The monoisotopic (exact) mass is 758 g/mol. The molecule has 0 aliphatic heterocycles. The smallest absolute Gasteiger partial charge is 0.135 e. The van der Waals surface area contributed by atoms with E-state index in [-0.39, 0.29) is 0 Å². The van der Waals surface area contributed by atoms with Gasteiger partial charge in [-0.15, -0.1) is 11.3 Å². The largest absolute Gasteiger partial charge is 0.456 e. The number of para-hydroxylation sites is 3. The van der Waals surface area contributed by atoms with Gasteiger partial charge in [0.1, 0.15) is 11.2 Å². The van der Waals surface area contributed by atoms with Gasteiger partial charge in [-0.2, -0.15) is 0 Å². The van der Waals surface area contributed by atoms with Gasteiger partial charge in [-0.25, -0.2) is 0 Å². The van der Waals surface area contributed by atoms with Crippen molar-refractivity contribution in [1.82, 2.24) is 4.57 Å². The molecule has 0 fully saturated rings. The van der Waals surface area contributed by atoms with Gasteiger partial charge in [0.25, 0.3) is 0 Å². The Morgan fingerprint density at radius 3 is 1.78 bits per heavy atom. The van der Waals surface area contributed by atoms with E-state index >= 15 is 0 Å². The van der Waals surface area contributed by atoms with Gasteiger partial charge in [0.15, 0.2) is 0 Å². The number of fused-ring (bicyclic) bond motifs is 9. The first-order valence-electron chi connectivity index (χ1n) is 19.7. The van der Waals surface area contributed by atoms with Crippen molar-refractivity contribution in [1.29, 1.82) is 0 Å². The summed E-state index contributed by atoms with van der Waals surface area (Å²) >= 11 is 1.88. The van der Waals surface area contributed by atoms with Crippen molar-refractivity contribution in [3.05, 3.63) is 206 Å².